The van der Waals surface area contributed by atoms with E-state index in [2.05, 4.69) is 5.32 Å². The molecule has 0 bridgehead atoms. The quantitative estimate of drug-likeness (QED) is 0.535. The average molecular weight is 428 g/mol. The van der Waals surface area contributed by atoms with Crippen LogP contribution in [-0.4, -0.2) is 27.2 Å². The molecule has 0 saturated carbocycles. The minimum absolute atomic E-state index is 0.238. The predicted octanol–water partition coefficient (Wildman–Crippen LogP) is 5.20. The molecule has 0 aromatic heterocycles. The maximum Gasteiger partial charge on any atom is 0.255 e. The van der Waals surface area contributed by atoms with Gasteiger partial charge in [0.1, 0.15) is 18.1 Å². The molecule has 3 aromatic carbocycles. The lowest BCUT2D eigenvalue weighted by Gasteiger charge is -2.13. The van der Waals surface area contributed by atoms with Crippen LogP contribution >= 0.6 is 11.6 Å². The van der Waals surface area contributed by atoms with Crippen LogP contribution < -0.4 is 24.3 Å². The molecule has 7 heteroatoms. The third kappa shape index (κ3) is 5.15. The number of hydrogen-bond donors (Lipinski definition) is 1. The van der Waals surface area contributed by atoms with E-state index in [1.165, 1.54) is 0 Å². The maximum atomic E-state index is 12.8. The van der Waals surface area contributed by atoms with E-state index in [4.69, 9.17) is 30.5 Å². The standard InChI is InChI=1S/C23H22ClNO5/c1-27-20-10-4-15(12-16(20)14-30-19-8-5-17(24)6-9-19)23(26)25-18-7-11-21(28-2)22(13-18)29-3/h4-13H,14H2,1-3H3,(H,25,26). The number of benzene rings is 3. The maximum absolute atomic E-state index is 12.8. The summed E-state index contributed by atoms with van der Waals surface area (Å²) in [5.41, 5.74) is 1.81. The second-order valence-electron chi connectivity index (χ2n) is 6.29. The average Bonchev–Trinajstić information content (AvgIpc) is 2.78. The van der Waals surface area contributed by atoms with Crippen LogP contribution in [-0.2, 0) is 6.61 Å². The molecule has 0 aliphatic heterocycles. The molecule has 1 N–H and O–H groups in total. The summed E-state index contributed by atoms with van der Waals surface area (Å²) in [4.78, 5) is 12.8. The van der Waals surface area contributed by atoms with Gasteiger partial charge in [-0.1, -0.05) is 11.6 Å². The summed E-state index contributed by atoms with van der Waals surface area (Å²) in [7, 11) is 4.67. The Morgan fingerprint density at radius 3 is 2.17 bits per heavy atom. The van der Waals surface area contributed by atoms with E-state index in [1.807, 2.05) is 0 Å². The topological polar surface area (TPSA) is 66.0 Å². The van der Waals surface area contributed by atoms with Gasteiger partial charge in [0.05, 0.1) is 21.3 Å². The Morgan fingerprint density at radius 1 is 0.833 bits per heavy atom. The minimum Gasteiger partial charge on any atom is -0.496 e. The van der Waals surface area contributed by atoms with Crippen molar-refractivity contribution in [1.29, 1.82) is 0 Å². The molecule has 0 spiro atoms. The molecule has 156 valence electrons. The molecular weight excluding hydrogens is 406 g/mol. The van der Waals surface area contributed by atoms with Gasteiger partial charge in [-0.3, -0.25) is 4.79 Å². The molecule has 30 heavy (non-hydrogen) atoms. The van der Waals surface area contributed by atoms with Crippen molar-refractivity contribution < 1.29 is 23.7 Å². The lowest BCUT2D eigenvalue weighted by atomic mass is 10.1. The number of anilines is 1. The van der Waals surface area contributed by atoms with E-state index >= 15 is 0 Å². The van der Waals surface area contributed by atoms with Crippen molar-refractivity contribution in [2.24, 2.45) is 0 Å². The summed E-state index contributed by atoms with van der Waals surface area (Å²) in [5.74, 6) is 2.15. The van der Waals surface area contributed by atoms with Crippen LogP contribution in [0.25, 0.3) is 0 Å². The molecule has 1 amide bonds. The van der Waals surface area contributed by atoms with E-state index < -0.39 is 0 Å². The van der Waals surface area contributed by atoms with Crippen molar-refractivity contribution in [1.82, 2.24) is 0 Å². The number of carbonyl (C=O) groups excluding carboxylic acids is 1. The number of nitrogens with one attached hydrogen (secondary N) is 1. The molecule has 0 unspecified atom stereocenters. The molecule has 0 fully saturated rings. The Balaban J connectivity index is 1.76. The fourth-order valence-electron chi connectivity index (χ4n) is 2.84. The van der Waals surface area contributed by atoms with Crippen molar-refractivity contribution in [3.63, 3.8) is 0 Å². The highest BCUT2D eigenvalue weighted by Crippen LogP contribution is 2.30. The SMILES string of the molecule is COc1ccc(C(=O)Nc2ccc(OC)c(OC)c2)cc1COc1ccc(Cl)cc1. The van der Waals surface area contributed by atoms with Crippen LogP contribution in [0.3, 0.4) is 0 Å². The summed E-state index contributed by atoms with van der Waals surface area (Å²) in [5, 5.41) is 3.49. The first-order valence-electron chi connectivity index (χ1n) is 9.12. The van der Waals surface area contributed by atoms with Gasteiger partial charge < -0.3 is 24.3 Å². The monoisotopic (exact) mass is 427 g/mol. The van der Waals surface area contributed by atoms with Gasteiger partial charge in [0, 0.05) is 27.9 Å². The fourth-order valence-corrected chi connectivity index (χ4v) is 2.97. The van der Waals surface area contributed by atoms with Crippen LogP contribution in [0.5, 0.6) is 23.0 Å². The lowest BCUT2D eigenvalue weighted by molar-refractivity contribution is 0.102. The molecule has 0 atom stereocenters. The van der Waals surface area contributed by atoms with Crippen molar-refractivity contribution >= 4 is 23.2 Å². The van der Waals surface area contributed by atoms with E-state index in [0.717, 1.165) is 5.56 Å². The Bertz CT molecular complexity index is 1020. The van der Waals surface area contributed by atoms with E-state index in [1.54, 1.807) is 82.0 Å². The Labute approximate surface area is 180 Å². The number of methoxy groups -OCH3 is 3. The lowest BCUT2D eigenvalue weighted by Crippen LogP contribution is -2.13. The number of rotatable bonds is 8. The van der Waals surface area contributed by atoms with Crippen molar-refractivity contribution in [3.05, 3.63) is 76.8 Å². The van der Waals surface area contributed by atoms with Crippen LogP contribution in [0, 0.1) is 0 Å². The molecule has 0 saturated heterocycles. The molecule has 0 aliphatic rings. The smallest absolute Gasteiger partial charge is 0.255 e. The Kier molecular flexibility index (Phi) is 7.03. The van der Waals surface area contributed by atoms with Crippen molar-refractivity contribution in [2.75, 3.05) is 26.6 Å². The zero-order valence-electron chi connectivity index (χ0n) is 16.9. The highest BCUT2D eigenvalue weighted by Gasteiger charge is 2.13. The van der Waals surface area contributed by atoms with Gasteiger partial charge in [0.2, 0.25) is 0 Å². The van der Waals surface area contributed by atoms with Crippen LogP contribution in [0.1, 0.15) is 15.9 Å². The third-order valence-electron chi connectivity index (χ3n) is 4.39. The number of carbonyl (C=O) groups is 1. The van der Waals surface area contributed by atoms with E-state index in [9.17, 15) is 4.79 Å². The van der Waals surface area contributed by atoms with Crippen LogP contribution in [0.15, 0.2) is 60.7 Å². The zero-order chi connectivity index (χ0) is 21.5. The van der Waals surface area contributed by atoms with Gasteiger partial charge in [0.25, 0.3) is 5.91 Å². The van der Waals surface area contributed by atoms with Gasteiger partial charge >= 0.3 is 0 Å². The Hall–Kier alpha value is -3.38. The first-order chi connectivity index (χ1) is 14.5. The molecule has 0 aliphatic carbocycles. The normalized spacial score (nSPS) is 10.3. The van der Waals surface area contributed by atoms with Crippen LogP contribution in [0.4, 0.5) is 5.69 Å². The van der Waals surface area contributed by atoms with Gasteiger partial charge in [-0.15, -0.1) is 0 Å². The van der Waals surface area contributed by atoms with Gasteiger partial charge in [-0.25, -0.2) is 0 Å². The zero-order valence-corrected chi connectivity index (χ0v) is 17.7. The second kappa shape index (κ2) is 9.89. The Morgan fingerprint density at radius 2 is 1.50 bits per heavy atom. The molecule has 0 radical (unpaired) electrons. The summed E-state index contributed by atoms with van der Waals surface area (Å²) in [6.07, 6.45) is 0. The first-order valence-corrected chi connectivity index (χ1v) is 9.50. The third-order valence-corrected chi connectivity index (χ3v) is 4.64. The summed E-state index contributed by atoms with van der Waals surface area (Å²) >= 11 is 5.90. The number of ether oxygens (including phenoxy) is 4. The molecule has 0 heterocycles. The van der Waals surface area contributed by atoms with E-state index in [-0.39, 0.29) is 12.5 Å². The van der Waals surface area contributed by atoms with Gasteiger partial charge in [0.15, 0.2) is 11.5 Å². The summed E-state index contributed by atoms with van der Waals surface area (Å²) in [6, 6.07) is 17.4. The highest BCUT2D eigenvalue weighted by molar-refractivity contribution is 6.30. The summed E-state index contributed by atoms with van der Waals surface area (Å²) in [6.45, 7) is 0.238. The van der Waals surface area contributed by atoms with Crippen LogP contribution in [0.2, 0.25) is 5.02 Å². The first kappa shape index (κ1) is 21.3. The fraction of sp³-hybridized carbons (Fsp3) is 0.174. The molecule has 3 aromatic rings. The minimum atomic E-state index is -0.266. The number of hydrogen-bond acceptors (Lipinski definition) is 5. The van der Waals surface area contributed by atoms with Gasteiger partial charge in [-0.2, -0.15) is 0 Å². The predicted molar refractivity (Wildman–Crippen MR) is 116 cm³/mol. The largest absolute Gasteiger partial charge is 0.496 e. The van der Waals surface area contributed by atoms with E-state index in [0.29, 0.717) is 39.3 Å². The molecule has 6 nitrogen and oxygen atoms in total. The molecule has 3 rings (SSSR count). The number of halogens is 1. The summed E-state index contributed by atoms with van der Waals surface area (Å²) < 4.78 is 21.7. The van der Waals surface area contributed by atoms with Gasteiger partial charge in [-0.05, 0) is 54.6 Å². The second-order valence-corrected chi connectivity index (χ2v) is 6.73. The highest BCUT2D eigenvalue weighted by atomic mass is 35.5. The number of amides is 1. The van der Waals surface area contributed by atoms with Crippen molar-refractivity contribution in [3.8, 4) is 23.0 Å². The van der Waals surface area contributed by atoms with Crippen molar-refractivity contribution in [2.45, 2.75) is 6.61 Å². The molecular formula is C23H22ClNO5.